The molecule has 0 spiro atoms. The third-order valence-corrected chi connectivity index (χ3v) is 2.75. The van der Waals surface area contributed by atoms with Crippen LogP contribution in [-0.2, 0) is 6.18 Å². The van der Waals surface area contributed by atoms with Crippen molar-refractivity contribution in [2.75, 3.05) is 19.7 Å². The lowest BCUT2D eigenvalue weighted by molar-refractivity contribution is -0.386. The number of ether oxygens (including phenoxy) is 1. The van der Waals surface area contributed by atoms with E-state index in [2.05, 4.69) is 5.32 Å². The number of nitrogens with one attached hydrogen (secondary N) is 1. The second kappa shape index (κ2) is 7.26. The van der Waals surface area contributed by atoms with Crippen LogP contribution in [0.3, 0.4) is 0 Å². The predicted molar refractivity (Wildman–Crippen MR) is 71.3 cm³/mol. The van der Waals surface area contributed by atoms with Gasteiger partial charge in [-0.25, -0.2) is 0 Å². The van der Waals surface area contributed by atoms with E-state index >= 15 is 0 Å². The molecule has 0 aliphatic carbocycles. The lowest BCUT2D eigenvalue weighted by Crippen LogP contribution is -2.24. The van der Waals surface area contributed by atoms with Gasteiger partial charge in [-0.05, 0) is 18.7 Å². The summed E-state index contributed by atoms with van der Waals surface area (Å²) in [6, 6.07) is 2.25. The predicted octanol–water partition coefficient (Wildman–Crippen LogP) is 3.24. The first-order valence-corrected chi connectivity index (χ1v) is 6.44. The molecule has 0 aromatic heterocycles. The molecule has 0 radical (unpaired) electrons. The van der Waals surface area contributed by atoms with Gasteiger partial charge in [0, 0.05) is 18.5 Å². The number of nitro groups is 1. The van der Waals surface area contributed by atoms with E-state index in [9.17, 15) is 23.3 Å². The molecule has 1 unspecified atom stereocenters. The molecule has 0 fully saturated rings. The van der Waals surface area contributed by atoms with Crippen LogP contribution in [-0.4, -0.2) is 24.6 Å². The maximum Gasteiger partial charge on any atom is 0.416 e. The Morgan fingerprint density at radius 1 is 1.43 bits per heavy atom. The van der Waals surface area contributed by atoms with E-state index < -0.39 is 22.4 Å². The molecule has 0 bridgehead atoms. The fourth-order valence-corrected chi connectivity index (χ4v) is 1.64. The zero-order chi connectivity index (χ0) is 16.0. The number of nitro benzene ring substituents is 1. The average molecular weight is 306 g/mol. The van der Waals surface area contributed by atoms with E-state index in [-0.39, 0.29) is 18.3 Å². The third kappa shape index (κ3) is 5.22. The van der Waals surface area contributed by atoms with Crippen LogP contribution in [0.1, 0.15) is 19.4 Å². The van der Waals surface area contributed by atoms with Crippen LogP contribution < -0.4 is 10.1 Å². The number of hydrogen-bond donors (Lipinski definition) is 1. The van der Waals surface area contributed by atoms with Crippen LogP contribution in [0.4, 0.5) is 18.9 Å². The molecule has 0 aliphatic rings. The van der Waals surface area contributed by atoms with Crippen molar-refractivity contribution in [3.05, 3.63) is 33.9 Å². The number of rotatable bonds is 7. The summed E-state index contributed by atoms with van der Waals surface area (Å²) in [5.74, 6) is -0.0804. The summed E-state index contributed by atoms with van der Waals surface area (Å²) in [7, 11) is 0. The van der Waals surface area contributed by atoms with Gasteiger partial charge in [-0.15, -0.1) is 0 Å². The number of hydrogen-bond acceptors (Lipinski definition) is 4. The highest BCUT2D eigenvalue weighted by atomic mass is 19.4. The van der Waals surface area contributed by atoms with Crippen molar-refractivity contribution < 1.29 is 22.8 Å². The van der Waals surface area contributed by atoms with Crippen molar-refractivity contribution in [1.82, 2.24) is 5.32 Å². The van der Waals surface area contributed by atoms with Crippen LogP contribution in [0.25, 0.3) is 0 Å². The summed E-state index contributed by atoms with van der Waals surface area (Å²) in [6.45, 7) is 5.43. The molecule has 1 aromatic rings. The summed E-state index contributed by atoms with van der Waals surface area (Å²) < 4.78 is 42.9. The van der Waals surface area contributed by atoms with E-state index in [1.54, 1.807) is 0 Å². The van der Waals surface area contributed by atoms with Crippen LogP contribution in [0.2, 0.25) is 0 Å². The molecule has 1 aromatic carbocycles. The first-order valence-electron chi connectivity index (χ1n) is 6.44. The Bertz CT molecular complexity index is 492. The van der Waals surface area contributed by atoms with Gasteiger partial charge < -0.3 is 10.1 Å². The number of benzene rings is 1. The topological polar surface area (TPSA) is 64.4 Å². The molecule has 5 nitrogen and oxygen atoms in total. The largest absolute Gasteiger partial charge is 0.486 e. The summed E-state index contributed by atoms with van der Waals surface area (Å²) in [5.41, 5.74) is -1.75. The van der Waals surface area contributed by atoms with Crippen molar-refractivity contribution in [3.63, 3.8) is 0 Å². The Kier molecular flexibility index (Phi) is 5.95. The van der Waals surface area contributed by atoms with E-state index in [1.165, 1.54) is 0 Å². The van der Waals surface area contributed by atoms with E-state index in [4.69, 9.17) is 4.74 Å². The monoisotopic (exact) mass is 306 g/mol. The Hall–Kier alpha value is -1.83. The lowest BCUT2D eigenvalue weighted by atomic mass is 10.1. The zero-order valence-corrected chi connectivity index (χ0v) is 11.7. The van der Waals surface area contributed by atoms with Gasteiger partial charge >= 0.3 is 11.9 Å². The number of alkyl halides is 3. The van der Waals surface area contributed by atoms with Gasteiger partial charge in [-0.1, -0.05) is 13.8 Å². The highest BCUT2D eigenvalue weighted by Gasteiger charge is 2.33. The minimum absolute atomic E-state index is 0.0758. The standard InChI is InChI=1S/C13H17F3N2O3/c1-3-17-7-9(2)8-21-12-5-4-10(13(14,15)16)6-11(12)18(19)20/h4-6,9,17H,3,7-8H2,1-2H3. The summed E-state index contributed by atoms with van der Waals surface area (Å²) in [6.07, 6.45) is -4.62. The van der Waals surface area contributed by atoms with Crippen LogP contribution in [0.5, 0.6) is 5.75 Å². The second-order valence-electron chi connectivity index (χ2n) is 4.66. The molecule has 0 saturated heterocycles. The molecule has 0 amide bonds. The fourth-order valence-electron chi connectivity index (χ4n) is 1.64. The molecule has 0 aliphatic heterocycles. The minimum Gasteiger partial charge on any atom is -0.486 e. The van der Waals surface area contributed by atoms with Crippen molar-refractivity contribution >= 4 is 5.69 Å². The molecule has 0 heterocycles. The SMILES string of the molecule is CCNCC(C)COc1ccc(C(F)(F)F)cc1[N+](=O)[O-]. The van der Waals surface area contributed by atoms with Crippen LogP contribution in [0, 0.1) is 16.0 Å². The normalized spacial score (nSPS) is 13.0. The quantitative estimate of drug-likeness (QED) is 0.620. The van der Waals surface area contributed by atoms with E-state index in [0.717, 1.165) is 18.7 Å². The van der Waals surface area contributed by atoms with Gasteiger partial charge in [0.1, 0.15) is 0 Å². The maximum atomic E-state index is 12.5. The van der Waals surface area contributed by atoms with Gasteiger partial charge in [0.2, 0.25) is 0 Å². The number of nitrogens with zero attached hydrogens (tertiary/aromatic N) is 1. The highest BCUT2D eigenvalue weighted by Crippen LogP contribution is 2.36. The Morgan fingerprint density at radius 3 is 2.62 bits per heavy atom. The molecule has 1 N–H and O–H groups in total. The molecule has 21 heavy (non-hydrogen) atoms. The van der Waals surface area contributed by atoms with Gasteiger partial charge in [0.05, 0.1) is 17.1 Å². The Balaban J connectivity index is 2.85. The number of halogens is 3. The lowest BCUT2D eigenvalue weighted by Gasteiger charge is -2.14. The summed E-state index contributed by atoms with van der Waals surface area (Å²) in [4.78, 5) is 9.99. The smallest absolute Gasteiger partial charge is 0.416 e. The van der Waals surface area contributed by atoms with Gasteiger partial charge in [0.25, 0.3) is 0 Å². The van der Waals surface area contributed by atoms with E-state index in [1.807, 2.05) is 13.8 Å². The van der Waals surface area contributed by atoms with Crippen molar-refractivity contribution in [3.8, 4) is 5.75 Å². The maximum absolute atomic E-state index is 12.5. The van der Waals surface area contributed by atoms with E-state index in [0.29, 0.717) is 12.6 Å². The molecular formula is C13H17F3N2O3. The first kappa shape index (κ1) is 17.2. The van der Waals surface area contributed by atoms with Gasteiger partial charge in [-0.3, -0.25) is 10.1 Å². The first-order chi connectivity index (χ1) is 9.75. The summed E-state index contributed by atoms with van der Waals surface area (Å²) in [5, 5.41) is 14.0. The fraction of sp³-hybridized carbons (Fsp3) is 0.538. The third-order valence-electron chi connectivity index (χ3n) is 2.75. The minimum atomic E-state index is -4.62. The Morgan fingerprint density at radius 2 is 2.10 bits per heavy atom. The van der Waals surface area contributed by atoms with Gasteiger partial charge in [-0.2, -0.15) is 13.2 Å². The van der Waals surface area contributed by atoms with Crippen LogP contribution in [0.15, 0.2) is 18.2 Å². The Labute approximate surface area is 120 Å². The average Bonchev–Trinajstić information content (AvgIpc) is 2.41. The second-order valence-corrected chi connectivity index (χ2v) is 4.66. The molecule has 118 valence electrons. The molecule has 1 atom stereocenters. The van der Waals surface area contributed by atoms with Crippen molar-refractivity contribution in [2.45, 2.75) is 20.0 Å². The summed E-state index contributed by atoms with van der Waals surface area (Å²) >= 11 is 0. The zero-order valence-electron chi connectivity index (χ0n) is 11.7. The van der Waals surface area contributed by atoms with Crippen molar-refractivity contribution in [2.24, 2.45) is 5.92 Å². The van der Waals surface area contributed by atoms with Gasteiger partial charge in [0.15, 0.2) is 5.75 Å². The van der Waals surface area contributed by atoms with Crippen molar-refractivity contribution in [1.29, 1.82) is 0 Å². The molecular weight excluding hydrogens is 289 g/mol. The molecule has 8 heteroatoms. The van der Waals surface area contributed by atoms with Crippen LogP contribution >= 0.6 is 0 Å². The molecule has 0 saturated carbocycles. The molecule has 1 rings (SSSR count). The highest BCUT2D eigenvalue weighted by molar-refractivity contribution is 5.49.